The van der Waals surface area contributed by atoms with Crippen molar-refractivity contribution in [2.75, 3.05) is 19.8 Å². The highest BCUT2D eigenvalue weighted by Crippen LogP contribution is 2.26. The molecule has 4 rings (SSSR count). The molecule has 0 spiro atoms. The lowest BCUT2D eigenvalue weighted by Crippen LogP contribution is -2.27. The summed E-state index contributed by atoms with van der Waals surface area (Å²) in [6, 6.07) is 29.5. The van der Waals surface area contributed by atoms with E-state index < -0.39 is 17.8 Å². The zero-order valence-corrected chi connectivity index (χ0v) is 23.5. The smallest absolute Gasteiger partial charge is 0.335 e. The highest BCUT2D eigenvalue weighted by molar-refractivity contribution is 5.96. The number of benzene rings is 4. The summed E-state index contributed by atoms with van der Waals surface area (Å²) in [5.41, 5.74) is 4.38. The maximum absolute atomic E-state index is 12.6. The van der Waals surface area contributed by atoms with Gasteiger partial charge in [0, 0.05) is 11.5 Å². The van der Waals surface area contributed by atoms with Crippen molar-refractivity contribution in [3.8, 4) is 11.5 Å². The van der Waals surface area contributed by atoms with E-state index in [0.717, 1.165) is 29.7 Å². The van der Waals surface area contributed by atoms with Crippen molar-refractivity contribution in [1.29, 1.82) is 0 Å². The third-order valence-electron chi connectivity index (χ3n) is 6.63. The Labute approximate surface area is 249 Å². The van der Waals surface area contributed by atoms with Gasteiger partial charge in [-0.25, -0.2) is 15.1 Å². The maximum atomic E-state index is 12.6. The molecule has 0 aliphatic carbocycles. The van der Waals surface area contributed by atoms with Gasteiger partial charge in [0.1, 0.15) is 11.5 Å². The van der Waals surface area contributed by atoms with Crippen molar-refractivity contribution >= 4 is 17.8 Å². The van der Waals surface area contributed by atoms with Crippen LogP contribution in [0.25, 0.3) is 0 Å². The third-order valence-corrected chi connectivity index (χ3v) is 6.63. The number of aromatic carboxylic acids is 2. The van der Waals surface area contributed by atoms with E-state index in [9.17, 15) is 24.6 Å². The zero-order chi connectivity index (χ0) is 30.4. The maximum Gasteiger partial charge on any atom is 0.335 e. The van der Waals surface area contributed by atoms with E-state index in [1.54, 1.807) is 12.1 Å². The number of hydroxylamine groups is 1. The van der Waals surface area contributed by atoms with E-state index in [2.05, 4.69) is 5.48 Å². The van der Waals surface area contributed by atoms with E-state index in [-0.39, 0.29) is 29.2 Å². The Morgan fingerprint density at radius 2 is 1.26 bits per heavy atom. The summed E-state index contributed by atoms with van der Waals surface area (Å²) in [6.07, 6.45) is 2.08. The molecule has 0 aromatic heterocycles. The summed E-state index contributed by atoms with van der Waals surface area (Å²) in [4.78, 5) is 41.0. The SMILES string of the molecule is O=C(O)c1cccc(CC(CONC(=O)c2cccc(C(=O)O)c2)c2cccc(OCCCCOc3ccccc3)c2)c1. The van der Waals surface area contributed by atoms with Gasteiger partial charge in [0.25, 0.3) is 5.91 Å². The molecule has 0 aliphatic rings. The number of hydrogen-bond acceptors (Lipinski definition) is 6. The van der Waals surface area contributed by atoms with Crippen LogP contribution in [-0.4, -0.2) is 47.9 Å². The largest absolute Gasteiger partial charge is 0.494 e. The summed E-state index contributed by atoms with van der Waals surface area (Å²) in [5.74, 6) is -1.49. The fourth-order valence-electron chi connectivity index (χ4n) is 4.41. The molecule has 9 heteroatoms. The van der Waals surface area contributed by atoms with Crippen LogP contribution in [-0.2, 0) is 11.3 Å². The van der Waals surface area contributed by atoms with Crippen LogP contribution in [0.4, 0.5) is 0 Å². The van der Waals surface area contributed by atoms with Crippen LogP contribution in [0, 0.1) is 0 Å². The van der Waals surface area contributed by atoms with Crippen molar-refractivity contribution < 1.29 is 38.9 Å². The minimum Gasteiger partial charge on any atom is -0.494 e. The molecule has 0 fully saturated rings. The molecule has 0 radical (unpaired) electrons. The molecular weight excluding hydrogens is 550 g/mol. The number of carboxylic acids is 2. The first-order chi connectivity index (χ1) is 20.9. The number of carbonyl (C=O) groups excluding carboxylic acids is 1. The molecule has 1 amide bonds. The van der Waals surface area contributed by atoms with Gasteiger partial charge < -0.3 is 19.7 Å². The molecule has 4 aromatic carbocycles. The van der Waals surface area contributed by atoms with Gasteiger partial charge in [-0.2, -0.15) is 0 Å². The number of nitrogens with one attached hydrogen (secondary N) is 1. The molecule has 9 nitrogen and oxygen atoms in total. The Hall–Kier alpha value is -5.15. The number of carboxylic acid groups (broad SMARTS) is 2. The number of unbranched alkanes of at least 4 members (excludes halogenated alkanes) is 1. The Kier molecular flexibility index (Phi) is 11.3. The van der Waals surface area contributed by atoms with Crippen LogP contribution < -0.4 is 15.0 Å². The molecule has 222 valence electrons. The normalized spacial score (nSPS) is 11.3. The zero-order valence-electron chi connectivity index (χ0n) is 23.5. The Morgan fingerprint density at radius 3 is 1.98 bits per heavy atom. The van der Waals surface area contributed by atoms with Crippen molar-refractivity contribution in [3.63, 3.8) is 0 Å². The van der Waals surface area contributed by atoms with Crippen LogP contribution in [0.3, 0.4) is 0 Å². The van der Waals surface area contributed by atoms with Gasteiger partial charge in [0.05, 0.1) is 30.9 Å². The molecule has 0 saturated carbocycles. The second-order valence-electron chi connectivity index (χ2n) is 9.82. The summed E-state index contributed by atoms with van der Waals surface area (Å²) in [7, 11) is 0. The van der Waals surface area contributed by atoms with Crippen molar-refractivity contribution in [2.24, 2.45) is 0 Å². The van der Waals surface area contributed by atoms with E-state index >= 15 is 0 Å². The Balaban J connectivity index is 1.38. The number of amides is 1. The van der Waals surface area contributed by atoms with E-state index in [0.29, 0.717) is 25.4 Å². The van der Waals surface area contributed by atoms with E-state index in [4.69, 9.17) is 14.3 Å². The van der Waals surface area contributed by atoms with Gasteiger partial charge >= 0.3 is 11.9 Å². The molecule has 1 unspecified atom stereocenters. The standard InChI is InChI=1S/C34H33NO8/c36-32(26-11-7-13-28(21-26)34(39)40)35-43-23-29(20-24-9-6-12-27(19-24)33(37)38)25-10-8-16-31(22-25)42-18-5-4-17-41-30-14-2-1-3-15-30/h1-3,6-16,19,21-22,29H,4-5,17-18,20,23H2,(H,35,36)(H,37,38)(H,39,40). The van der Waals surface area contributed by atoms with Crippen LogP contribution in [0.2, 0.25) is 0 Å². The average molecular weight is 584 g/mol. The molecule has 1 atom stereocenters. The monoisotopic (exact) mass is 583 g/mol. The quantitative estimate of drug-likeness (QED) is 0.108. The van der Waals surface area contributed by atoms with Gasteiger partial charge in [-0.3, -0.25) is 9.63 Å². The number of para-hydroxylation sites is 1. The van der Waals surface area contributed by atoms with E-state index in [1.807, 2.05) is 60.7 Å². The van der Waals surface area contributed by atoms with Crippen LogP contribution in [0.1, 0.15) is 61.0 Å². The van der Waals surface area contributed by atoms with Crippen molar-refractivity contribution in [3.05, 3.63) is 131 Å². The topological polar surface area (TPSA) is 131 Å². The lowest BCUT2D eigenvalue weighted by Gasteiger charge is -2.19. The summed E-state index contributed by atoms with van der Waals surface area (Å²) >= 11 is 0. The summed E-state index contributed by atoms with van der Waals surface area (Å²) in [5, 5.41) is 18.6. The first kappa shape index (κ1) is 30.8. The Bertz CT molecular complexity index is 1520. The van der Waals surface area contributed by atoms with Gasteiger partial charge in [0.15, 0.2) is 0 Å². The molecule has 3 N–H and O–H groups in total. The fourth-order valence-corrected chi connectivity index (χ4v) is 4.41. The first-order valence-corrected chi connectivity index (χ1v) is 13.9. The lowest BCUT2D eigenvalue weighted by molar-refractivity contribution is 0.0253. The summed E-state index contributed by atoms with van der Waals surface area (Å²) in [6.45, 7) is 1.17. The number of ether oxygens (including phenoxy) is 2. The number of carbonyl (C=O) groups is 3. The highest BCUT2D eigenvalue weighted by atomic mass is 16.7. The second kappa shape index (κ2) is 15.7. The third kappa shape index (κ3) is 9.72. The molecule has 43 heavy (non-hydrogen) atoms. The van der Waals surface area contributed by atoms with Crippen LogP contribution >= 0.6 is 0 Å². The molecule has 0 aliphatic heterocycles. The van der Waals surface area contributed by atoms with Gasteiger partial charge in [-0.05, 0) is 85.0 Å². The number of hydrogen-bond donors (Lipinski definition) is 3. The summed E-state index contributed by atoms with van der Waals surface area (Å²) < 4.78 is 11.7. The predicted molar refractivity (Wildman–Crippen MR) is 160 cm³/mol. The molecule has 0 bridgehead atoms. The van der Waals surface area contributed by atoms with Crippen molar-refractivity contribution in [1.82, 2.24) is 5.48 Å². The number of rotatable bonds is 16. The van der Waals surface area contributed by atoms with Gasteiger partial charge in [0.2, 0.25) is 0 Å². The minimum absolute atomic E-state index is 0.00984. The fraction of sp³-hybridized carbons (Fsp3) is 0.206. The Morgan fingerprint density at radius 1 is 0.651 bits per heavy atom. The molecule has 0 saturated heterocycles. The van der Waals surface area contributed by atoms with Gasteiger partial charge in [-0.15, -0.1) is 0 Å². The first-order valence-electron chi connectivity index (χ1n) is 13.9. The molecule has 4 aromatic rings. The van der Waals surface area contributed by atoms with Crippen LogP contribution in [0.15, 0.2) is 103 Å². The highest BCUT2D eigenvalue weighted by Gasteiger charge is 2.17. The second-order valence-corrected chi connectivity index (χ2v) is 9.82. The average Bonchev–Trinajstić information content (AvgIpc) is 3.03. The van der Waals surface area contributed by atoms with E-state index in [1.165, 1.54) is 30.3 Å². The van der Waals surface area contributed by atoms with Gasteiger partial charge in [-0.1, -0.05) is 48.5 Å². The molecule has 0 heterocycles. The van der Waals surface area contributed by atoms with Crippen molar-refractivity contribution in [2.45, 2.75) is 25.2 Å². The minimum atomic E-state index is -1.14. The molecular formula is C34H33NO8. The van der Waals surface area contributed by atoms with Crippen LogP contribution in [0.5, 0.6) is 11.5 Å². The predicted octanol–water partition coefficient (Wildman–Crippen LogP) is 6.01. The lowest BCUT2D eigenvalue weighted by atomic mass is 9.92.